The van der Waals surface area contributed by atoms with Gasteiger partial charge in [-0.3, -0.25) is 19.7 Å². The topological polar surface area (TPSA) is 98.5 Å². The molecule has 0 unspecified atom stereocenters. The molecule has 130 valence electrons. The van der Waals surface area contributed by atoms with Crippen LogP contribution in [0.3, 0.4) is 0 Å². The second-order valence-electron chi connectivity index (χ2n) is 4.86. The minimum Gasteiger partial charge on any atom is -0.419 e. The summed E-state index contributed by atoms with van der Waals surface area (Å²) < 4.78 is 18.8. The Balaban J connectivity index is 1.89. The van der Waals surface area contributed by atoms with Crippen LogP contribution in [0, 0.1) is 15.9 Å². The first-order chi connectivity index (χ1) is 11.9. The van der Waals surface area contributed by atoms with E-state index in [1.807, 2.05) is 0 Å². The van der Waals surface area contributed by atoms with Crippen LogP contribution in [0.5, 0.6) is 5.75 Å². The molecule has 2 aromatic carbocycles. The molecule has 0 saturated heterocycles. The number of esters is 1. The molecule has 0 radical (unpaired) electrons. The summed E-state index contributed by atoms with van der Waals surface area (Å²) >= 11 is 3.25. The van der Waals surface area contributed by atoms with E-state index in [1.165, 1.54) is 0 Å². The predicted octanol–water partition coefficient (Wildman–Crippen LogP) is 3.22. The van der Waals surface area contributed by atoms with E-state index >= 15 is 0 Å². The molecule has 0 fully saturated rings. The molecule has 1 N–H and O–H groups in total. The third-order valence-electron chi connectivity index (χ3n) is 3.06. The normalized spacial score (nSPS) is 10.2. The van der Waals surface area contributed by atoms with Crippen molar-refractivity contribution in [1.82, 2.24) is 5.32 Å². The Labute approximate surface area is 150 Å². The van der Waals surface area contributed by atoms with Gasteiger partial charge in [0.1, 0.15) is 5.82 Å². The van der Waals surface area contributed by atoms with E-state index < -0.39 is 28.1 Å². The fraction of sp³-hybridized carbons (Fsp3) is 0.125. The Morgan fingerprint density at radius 2 is 1.88 bits per heavy atom. The summed E-state index contributed by atoms with van der Waals surface area (Å²) in [6.07, 6.45) is -0.226. The van der Waals surface area contributed by atoms with E-state index in [1.54, 1.807) is 24.3 Å². The zero-order valence-corrected chi connectivity index (χ0v) is 14.3. The van der Waals surface area contributed by atoms with Gasteiger partial charge in [0.05, 0.1) is 11.3 Å². The number of halogens is 2. The second-order valence-corrected chi connectivity index (χ2v) is 5.77. The fourth-order valence-electron chi connectivity index (χ4n) is 1.88. The van der Waals surface area contributed by atoms with Crippen molar-refractivity contribution in [2.45, 2.75) is 6.42 Å². The third-order valence-corrected chi connectivity index (χ3v) is 3.59. The summed E-state index contributed by atoms with van der Waals surface area (Å²) in [5, 5.41) is 13.4. The van der Waals surface area contributed by atoms with Crippen molar-refractivity contribution in [3.8, 4) is 5.75 Å². The number of nitrogens with one attached hydrogen (secondary N) is 1. The Morgan fingerprint density at radius 3 is 2.52 bits per heavy atom. The molecule has 0 bridgehead atoms. The minimum absolute atomic E-state index is 0.0309. The van der Waals surface area contributed by atoms with Gasteiger partial charge in [0, 0.05) is 28.7 Å². The van der Waals surface area contributed by atoms with E-state index in [0.29, 0.717) is 5.56 Å². The number of hydrogen-bond acceptors (Lipinski definition) is 5. The molecule has 1 amide bonds. The lowest BCUT2D eigenvalue weighted by atomic mass is 10.2. The van der Waals surface area contributed by atoms with Gasteiger partial charge in [-0.15, -0.1) is 0 Å². The molecule has 25 heavy (non-hydrogen) atoms. The minimum atomic E-state index is -0.829. The molecule has 0 atom stereocenters. The average Bonchev–Trinajstić information content (AvgIpc) is 2.55. The van der Waals surface area contributed by atoms with Crippen LogP contribution >= 0.6 is 15.9 Å². The first kappa shape index (κ1) is 18.5. The van der Waals surface area contributed by atoms with Crippen molar-refractivity contribution in [2.75, 3.05) is 6.54 Å². The van der Waals surface area contributed by atoms with Crippen molar-refractivity contribution in [1.29, 1.82) is 0 Å². The molecule has 2 aromatic rings. The fourth-order valence-corrected chi connectivity index (χ4v) is 2.14. The van der Waals surface area contributed by atoms with Crippen LogP contribution in [0.15, 0.2) is 46.9 Å². The predicted molar refractivity (Wildman–Crippen MR) is 89.8 cm³/mol. The molecule has 7 nitrogen and oxygen atoms in total. The molecular weight excluding hydrogens is 399 g/mol. The van der Waals surface area contributed by atoms with Crippen LogP contribution in [0.25, 0.3) is 0 Å². The SMILES string of the molecule is O=C(CCNC(=O)c1ccc(Br)cc1)Oc1cc(F)ccc1[N+](=O)[O-]. The number of rotatable bonds is 6. The Bertz CT molecular complexity index is 811. The van der Waals surface area contributed by atoms with E-state index in [-0.39, 0.29) is 18.9 Å². The van der Waals surface area contributed by atoms with Gasteiger partial charge in [-0.25, -0.2) is 4.39 Å². The standard InChI is InChI=1S/C16H12BrFN2O5/c17-11-3-1-10(2-4-11)16(22)19-8-7-15(21)25-14-9-12(18)5-6-13(14)20(23)24/h1-6,9H,7-8H2,(H,19,22). The van der Waals surface area contributed by atoms with Gasteiger partial charge in [0.2, 0.25) is 5.75 Å². The number of amides is 1. The Morgan fingerprint density at radius 1 is 1.20 bits per heavy atom. The van der Waals surface area contributed by atoms with Gasteiger partial charge >= 0.3 is 11.7 Å². The molecule has 0 saturated carbocycles. The van der Waals surface area contributed by atoms with Gasteiger partial charge in [-0.1, -0.05) is 15.9 Å². The summed E-state index contributed by atoms with van der Waals surface area (Å²) in [4.78, 5) is 33.7. The van der Waals surface area contributed by atoms with E-state index in [9.17, 15) is 24.1 Å². The number of ether oxygens (including phenoxy) is 1. The summed E-state index contributed by atoms with van der Waals surface area (Å²) in [5.41, 5.74) is -0.106. The van der Waals surface area contributed by atoms with Gasteiger partial charge in [-0.2, -0.15) is 0 Å². The van der Waals surface area contributed by atoms with Crippen molar-refractivity contribution in [2.24, 2.45) is 0 Å². The molecule has 0 heterocycles. The van der Waals surface area contributed by atoms with Gasteiger partial charge in [-0.05, 0) is 30.3 Å². The van der Waals surface area contributed by atoms with Crippen molar-refractivity contribution < 1.29 is 23.6 Å². The van der Waals surface area contributed by atoms with Gasteiger partial charge in [0.25, 0.3) is 5.91 Å². The van der Waals surface area contributed by atoms with Crippen LogP contribution in [0.2, 0.25) is 0 Å². The molecule has 0 aliphatic carbocycles. The smallest absolute Gasteiger partial charge is 0.313 e. The summed E-state index contributed by atoms with van der Waals surface area (Å²) in [6.45, 7) is -0.0309. The van der Waals surface area contributed by atoms with Crippen molar-refractivity contribution in [3.63, 3.8) is 0 Å². The average molecular weight is 411 g/mol. The van der Waals surface area contributed by atoms with Gasteiger partial charge < -0.3 is 10.1 Å². The molecule has 9 heteroatoms. The zero-order valence-electron chi connectivity index (χ0n) is 12.7. The monoisotopic (exact) mass is 410 g/mol. The van der Waals surface area contributed by atoms with Crippen molar-refractivity contribution >= 4 is 33.5 Å². The lowest BCUT2D eigenvalue weighted by Crippen LogP contribution is -2.27. The number of hydrogen-bond donors (Lipinski definition) is 1. The van der Waals surface area contributed by atoms with E-state index in [0.717, 1.165) is 22.7 Å². The van der Waals surface area contributed by atoms with Crippen molar-refractivity contribution in [3.05, 3.63) is 68.4 Å². The Kier molecular flexibility index (Phi) is 6.18. The van der Waals surface area contributed by atoms with Crippen LogP contribution in [-0.2, 0) is 4.79 Å². The summed E-state index contributed by atoms with van der Waals surface area (Å²) in [7, 11) is 0. The summed E-state index contributed by atoms with van der Waals surface area (Å²) in [6, 6.07) is 9.18. The van der Waals surface area contributed by atoms with E-state index in [2.05, 4.69) is 21.2 Å². The second kappa shape index (κ2) is 8.34. The molecule has 2 rings (SSSR count). The quantitative estimate of drug-likeness (QED) is 0.341. The number of nitrogens with zero attached hydrogens (tertiary/aromatic N) is 1. The number of benzene rings is 2. The van der Waals surface area contributed by atoms with Crippen LogP contribution in [-0.4, -0.2) is 23.3 Å². The lowest BCUT2D eigenvalue weighted by molar-refractivity contribution is -0.385. The number of carbonyl (C=O) groups excluding carboxylic acids is 2. The molecular formula is C16H12BrFN2O5. The largest absolute Gasteiger partial charge is 0.419 e. The first-order valence-electron chi connectivity index (χ1n) is 7.05. The zero-order chi connectivity index (χ0) is 18.4. The highest BCUT2D eigenvalue weighted by Gasteiger charge is 2.19. The molecule has 0 spiro atoms. The van der Waals surface area contributed by atoms with Gasteiger partial charge in [0.15, 0.2) is 0 Å². The third kappa shape index (κ3) is 5.35. The highest BCUT2D eigenvalue weighted by molar-refractivity contribution is 9.10. The highest BCUT2D eigenvalue weighted by Crippen LogP contribution is 2.27. The molecule has 0 aliphatic rings. The maximum absolute atomic E-state index is 13.2. The maximum atomic E-state index is 13.2. The van der Waals surface area contributed by atoms with E-state index in [4.69, 9.17) is 4.74 Å². The molecule has 0 aromatic heterocycles. The highest BCUT2D eigenvalue weighted by atomic mass is 79.9. The number of carbonyl (C=O) groups is 2. The number of nitro groups is 1. The van der Waals surface area contributed by atoms with Crippen LogP contribution in [0.4, 0.5) is 10.1 Å². The first-order valence-corrected chi connectivity index (χ1v) is 7.84. The maximum Gasteiger partial charge on any atom is 0.313 e. The van der Waals surface area contributed by atoms with Crippen LogP contribution < -0.4 is 10.1 Å². The van der Waals surface area contributed by atoms with Crippen LogP contribution in [0.1, 0.15) is 16.8 Å². The number of nitro benzene ring substituents is 1. The Hall–Kier alpha value is -2.81. The molecule has 0 aliphatic heterocycles. The lowest BCUT2D eigenvalue weighted by Gasteiger charge is -2.07. The summed E-state index contributed by atoms with van der Waals surface area (Å²) in [5.74, 6) is -2.45.